The predicted octanol–water partition coefficient (Wildman–Crippen LogP) is 0.691. The first-order valence-corrected chi connectivity index (χ1v) is 5.72. The highest BCUT2D eigenvalue weighted by Crippen LogP contribution is 2.05. The molecule has 0 radical (unpaired) electrons. The minimum absolute atomic E-state index is 0.187. The number of rotatable bonds is 7. The molecule has 17 heavy (non-hydrogen) atoms. The summed E-state index contributed by atoms with van der Waals surface area (Å²) in [6.07, 6.45) is 2.39. The van der Waals surface area contributed by atoms with Crippen LogP contribution in [0.1, 0.15) is 27.2 Å². The molecule has 0 atom stereocenters. The third kappa shape index (κ3) is 6.06. The predicted molar refractivity (Wildman–Crippen MR) is 66.3 cm³/mol. The standard InChI is InChI=1S/C12H22N2O3/c1-5-10(12(16)17-4)6-7-14(9(2)3)8-11(13)15/h6,9H,5,7-8H2,1-4H3,(H2,13,15). The van der Waals surface area contributed by atoms with E-state index >= 15 is 0 Å². The van der Waals surface area contributed by atoms with Gasteiger partial charge in [-0.05, 0) is 20.3 Å². The second-order valence-corrected chi connectivity index (χ2v) is 4.06. The third-order valence-electron chi connectivity index (χ3n) is 2.49. The number of methoxy groups -OCH3 is 1. The summed E-state index contributed by atoms with van der Waals surface area (Å²) in [5.74, 6) is -0.696. The van der Waals surface area contributed by atoms with Gasteiger partial charge in [0.05, 0.1) is 13.7 Å². The summed E-state index contributed by atoms with van der Waals surface area (Å²) in [5.41, 5.74) is 5.78. The molecule has 0 aromatic carbocycles. The Kier molecular flexibility index (Phi) is 7.21. The summed E-state index contributed by atoms with van der Waals surface area (Å²) >= 11 is 0. The zero-order valence-electron chi connectivity index (χ0n) is 11.0. The average Bonchev–Trinajstić information content (AvgIpc) is 2.26. The second-order valence-electron chi connectivity index (χ2n) is 4.06. The highest BCUT2D eigenvalue weighted by molar-refractivity contribution is 5.88. The van der Waals surface area contributed by atoms with Crippen LogP contribution >= 0.6 is 0 Å². The molecule has 0 aromatic rings. The third-order valence-corrected chi connectivity index (χ3v) is 2.49. The van der Waals surface area contributed by atoms with Crippen molar-refractivity contribution in [2.45, 2.75) is 33.2 Å². The van der Waals surface area contributed by atoms with Gasteiger partial charge in [-0.3, -0.25) is 9.69 Å². The Morgan fingerprint density at radius 3 is 2.35 bits per heavy atom. The van der Waals surface area contributed by atoms with E-state index in [2.05, 4.69) is 4.74 Å². The Balaban J connectivity index is 4.59. The Morgan fingerprint density at radius 2 is 2.00 bits per heavy atom. The summed E-state index contributed by atoms with van der Waals surface area (Å²) in [6.45, 7) is 6.53. The molecule has 5 nitrogen and oxygen atoms in total. The van der Waals surface area contributed by atoms with E-state index in [1.165, 1.54) is 7.11 Å². The van der Waals surface area contributed by atoms with Crippen LogP contribution in [0.3, 0.4) is 0 Å². The van der Waals surface area contributed by atoms with E-state index in [9.17, 15) is 9.59 Å². The van der Waals surface area contributed by atoms with E-state index in [1.54, 1.807) is 6.08 Å². The fourth-order valence-electron chi connectivity index (χ4n) is 1.39. The van der Waals surface area contributed by atoms with Gasteiger partial charge in [0.25, 0.3) is 0 Å². The summed E-state index contributed by atoms with van der Waals surface area (Å²) < 4.78 is 4.66. The molecule has 0 aliphatic carbocycles. The number of hydrogen-bond donors (Lipinski definition) is 1. The van der Waals surface area contributed by atoms with Gasteiger partial charge < -0.3 is 10.5 Å². The van der Waals surface area contributed by atoms with Crippen molar-refractivity contribution in [1.82, 2.24) is 4.90 Å². The number of hydrogen-bond acceptors (Lipinski definition) is 4. The molecule has 0 bridgehead atoms. The van der Waals surface area contributed by atoms with E-state index in [-0.39, 0.29) is 24.5 Å². The number of amides is 1. The molecule has 0 unspecified atom stereocenters. The molecule has 98 valence electrons. The van der Waals surface area contributed by atoms with Crippen LogP contribution in [0.5, 0.6) is 0 Å². The van der Waals surface area contributed by atoms with Crippen LogP contribution in [0.4, 0.5) is 0 Å². The molecule has 0 rings (SSSR count). The average molecular weight is 242 g/mol. The largest absolute Gasteiger partial charge is 0.466 e. The Morgan fingerprint density at radius 1 is 1.41 bits per heavy atom. The number of primary amides is 1. The Labute approximate surface area is 103 Å². The van der Waals surface area contributed by atoms with Crippen molar-refractivity contribution in [2.24, 2.45) is 5.73 Å². The summed E-state index contributed by atoms with van der Waals surface area (Å²) in [6, 6.07) is 0.189. The number of esters is 1. The molecule has 0 aliphatic heterocycles. The maximum Gasteiger partial charge on any atom is 0.333 e. The lowest BCUT2D eigenvalue weighted by Crippen LogP contribution is -2.38. The van der Waals surface area contributed by atoms with Crippen molar-refractivity contribution < 1.29 is 14.3 Å². The lowest BCUT2D eigenvalue weighted by molar-refractivity contribution is -0.136. The van der Waals surface area contributed by atoms with Gasteiger partial charge in [0, 0.05) is 18.2 Å². The van der Waals surface area contributed by atoms with Crippen LogP contribution in [0.25, 0.3) is 0 Å². The molecule has 1 amide bonds. The number of carbonyl (C=O) groups excluding carboxylic acids is 2. The number of carbonyl (C=O) groups is 2. The highest BCUT2D eigenvalue weighted by atomic mass is 16.5. The lowest BCUT2D eigenvalue weighted by Gasteiger charge is -2.23. The van der Waals surface area contributed by atoms with Gasteiger partial charge in [-0.1, -0.05) is 13.0 Å². The summed E-state index contributed by atoms with van der Waals surface area (Å²) in [5, 5.41) is 0. The van der Waals surface area contributed by atoms with Crippen LogP contribution in [-0.2, 0) is 14.3 Å². The lowest BCUT2D eigenvalue weighted by atomic mass is 10.2. The van der Waals surface area contributed by atoms with Crippen LogP contribution < -0.4 is 5.73 Å². The van der Waals surface area contributed by atoms with E-state index in [0.717, 1.165) is 0 Å². The van der Waals surface area contributed by atoms with Crippen LogP contribution in [-0.4, -0.2) is 43.0 Å². The van der Waals surface area contributed by atoms with Crippen LogP contribution in [0.15, 0.2) is 11.6 Å². The second kappa shape index (κ2) is 7.84. The van der Waals surface area contributed by atoms with Crippen molar-refractivity contribution in [2.75, 3.05) is 20.2 Å². The maximum absolute atomic E-state index is 11.3. The molecule has 0 fully saturated rings. The molecular formula is C12H22N2O3. The van der Waals surface area contributed by atoms with Gasteiger partial charge in [0.2, 0.25) is 5.91 Å². The molecular weight excluding hydrogens is 220 g/mol. The van der Waals surface area contributed by atoms with Crippen molar-refractivity contribution in [3.8, 4) is 0 Å². The van der Waals surface area contributed by atoms with E-state index in [4.69, 9.17) is 5.73 Å². The number of ether oxygens (including phenoxy) is 1. The van der Waals surface area contributed by atoms with Gasteiger partial charge >= 0.3 is 5.97 Å². The molecule has 0 aliphatic rings. The first-order valence-electron chi connectivity index (χ1n) is 5.72. The van der Waals surface area contributed by atoms with Crippen molar-refractivity contribution >= 4 is 11.9 Å². The molecule has 0 saturated carbocycles. The normalized spacial score (nSPS) is 12.0. The molecule has 0 saturated heterocycles. The monoisotopic (exact) mass is 242 g/mol. The van der Waals surface area contributed by atoms with Gasteiger partial charge in [-0.2, -0.15) is 0 Å². The van der Waals surface area contributed by atoms with Gasteiger partial charge in [-0.25, -0.2) is 4.79 Å². The van der Waals surface area contributed by atoms with Crippen molar-refractivity contribution in [3.05, 3.63) is 11.6 Å². The maximum atomic E-state index is 11.3. The first kappa shape index (κ1) is 15.6. The molecule has 0 spiro atoms. The molecule has 5 heteroatoms. The fourth-order valence-corrected chi connectivity index (χ4v) is 1.39. The Bertz CT molecular complexity index is 298. The van der Waals surface area contributed by atoms with Gasteiger partial charge in [0.1, 0.15) is 0 Å². The zero-order chi connectivity index (χ0) is 13.4. The summed E-state index contributed by atoms with van der Waals surface area (Å²) in [7, 11) is 1.36. The SMILES string of the molecule is CCC(=CCN(CC(N)=O)C(C)C)C(=O)OC. The van der Waals surface area contributed by atoms with Crippen LogP contribution in [0, 0.1) is 0 Å². The fraction of sp³-hybridized carbons (Fsp3) is 0.667. The Hall–Kier alpha value is -1.36. The van der Waals surface area contributed by atoms with Gasteiger partial charge in [0.15, 0.2) is 0 Å². The quantitative estimate of drug-likeness (QED) is 0.526. The molecule has 0 aromatic heterocycles. The highest BCUT2D eigenvalue weighted by Gasteiger charge is 2.12. The minimum atomic E-state index is -0.372. The smallest absolute Gasteiger partial charge is 0.333 e. The first-order chi connectivity index (χ1) is 7.92. The zero-order valence-corrected chi connectivity index (χ0v) is 11.0. The molecule has 0 heterocycles. The number of nitrogens with zero attached hydrogens (tertiary/aromatic N) is 1. The van der Waals surface area contributed by atoms with Crippen molar-refractivity contribution in [3.63, 3.8) is 0 Å². The summed E-state index contributed by atoms with van der Waals surface area (Å²) in [4.78, 5) is 24.1. The topological polar surface area (TPSA) is 72.6 Å². The number of nitrogens with two attached hydrogens (primary N) is 1. The van der Waals surface area contributed by atoms with E-state index in [0.29, 0.717) is 18.5 Å². The minimum Gasteiger partial charge on any atom is -0.466 e. The van der Waals surface area contributed by atoms with E-state index < -0.39 is 0 Å². The van der Waals surface area contributed by atoms with Gasteiger partial charge in [-0.15, -0.1) is 0 Å². The van der Waals surface area contributed by atoms with E-state index in [1.807, 2.05) is 25.7 Å². The van der Waals surface area contributed by atoms with Crippen molar-refractivity contribution in [1.29, 1.82) is 0 Å². The molecule has 2 N–H and O–H groups in total. The van der Waals surface area contributed by atoms with Crippen LogP contribution in [0.2, 0.25) is 0 Å².